The van der Waals surface area contributed by atoms with Gasteiger partial charge in [-0.05, 0) is 42.5 Å². The van der Waals surface area contributed by atoms with Gasteiger partial charge < -0.3 is 9.47 Å². The summed E-state index contributed by atoms with van der Waals surface area (Å²) in [5.41, 5.74) is 1.26. The first-order chi connectivity index (χ1) is 11.6. The number of cyclic esters (lactones) is 1. The number of para-hydroxylation sites is 1. The maximum Gasteiger partial charge on any atom is 0.343 e. The van der Waals surface area contributed by atoms with Gasteiger partial charge in [-0.25, -0.2) is 4.79 Å². The number of carbonyl (C=O) groups is 1. The van der Waals surface area contributed by atoms with Crippen LogP contribution in [0.15, 0.2) is 60.2 Å². The number of hydrogen-bond donors (Lipinski definition) is 0. The predicted octanol–water partition coefficient (Wildman–Crippen LogP) is 3.58. The van der Waals surface area contributed by atoms with Crippen molar-refractivity contribution in [2.45, 2.75) is 0 Å². The number of benzene rings is 2. The van der Waals surface area contributed by atoms with Crippen molar-refractivity contribution in [1.29, 1.82) is 0 Å². The zero-order valence-electron chi connectivity index (χ0n) is 12.8. The summed E-state index contributed by atoms with van der Waals surface area (Å²) in [6, 6.07) is 13.3. The summed E-state index contributed by atoms with van der Waals surface area (Å²) in [5, 5.41) is 11.1. The van der Waals surface area contributed by atoms with Gasteiger partial charge >= 0.3 is 5.97 Å². The fourth-order valence-corrected chi connectivity index (χ4v) is 2.33. The molecule has 6 heteroatoms. The van der Waals surface area contributed by atoms with Crippen LogP contribution in [0.3, 0.4) is 0 Å². The van der Waals surface area contributed by atoms with Crippen molar-refractivity contribution in [3.8, 4) is 5.75 Å². The number of nitrogens with zero attached hydrogens (tertiary/aromatic N) is 1. The molecule has 0 atom stereocenters. The molecule has 1 aliphatic heterocycles. The molecule has 24 heavy (non-hydrogen) atoms. The van der Waals surface area contributed by atoms with Crippen LogP contribution >= 0.6 is 0 Å². The van der Waals surface area contributed by atoms with Gasteiger partial charge in [0.15, 0.2) is 0 Å². The van der Waals surface area contributed by atoms with E-state index in [0.717, 1.165) is 5.56 Å². The van der Waals surface area contributed by atoms with E-state index in [1.807, 2.05) is 0 Å². The van der Waals surface area contributed by atoms with E-state index in [1.165, 1.54) is 12.1 Å². The minimum absolute atomic E-state index is 0.0657. The largest absolute Gasteiger partial charge is 0.497 e. The number of methoxy groups -OCH3 is 1. The van der Waals surface area contributed by atoms with Gasteiger partial charge in [-0.3, -0.25) is 10.1 Å². The molecular weight excluding hydrogens is 310 g/mol. The molecule has 0 aromatic heterocycles. The Hall–Kier alpha value is -3.41. The molecule has 0 radical (unpaired) electrons. The Morgan fingerprint density at radius 3 is 2.50 bits per heavy atom. The second-order valence-corrected chi connectivity index (χ2v) is 5.04. The summed E-state index contributed by atoms with van der Waals surface area (Å²) < 4.78 is 10.3. The molecule has 0 saturated carbocycles. The van der Waals surface area contributed by atoms with Crippen molar-refractivity contribution in [3.05, 3.63) is 81.4 Å². The van der Waals surface area contributed by atoms with E-state index < -0.39 is 10.9 Å². The van der Waals surface area contributed by atoms with Gasteiger partial charge in [0.1, 0.15) is 11.5 Å². The first kappa shape index (κ1) is 15.5. The van der Waals surface area contributed by atoms with Crippen LogP contribution < -0.4 is 4.74 Å². The van der Waals surface area contributed by atoms with Gasteiger partial charge in [-0.1, -0.05) is 12.1 Å². The molecule has 0 N–H and O–H groups in total. The first-order valence-electron chi connectivity index (χ1n) is 7.12. The topological polar surface area (TPSA) is 78.7 Å². The highest BCUT2D eigenvalue weighted by molar-refractivity contribution is 6.05. The highest BCUT2D eigenvalue weighted by Crippen LogP contribution is 2.30. The highest BCUT2D eigenvalue weighted by Gasteiger charge is 2.23. The molecule has 0 saturated heterocycles. The third-order valence-corrected chi connectivity index (χ3v) is 3.54. The Morgan fingerprint density at radius 2 is 1.83 bits per heavy atom. The van der Waals surface area contributed by atoms with E-state index in [4.69, 9.17) is 9.47 Å². The Balaban J connectivity index is 1.95. The lowest BCUT2D eigenvalue weighted by Gasteiger charge is -2.03. The maximum absolute atomic E-state index is 12.0. The summed E-state index contributed by atoms with van der Waals surface area (Å²) in [4.78, 5) is 22.6. The minimum Gasteiger partial charge on any atom is -0.497 e. The van der Waals surface area contributed by atoms with Crippen molar-refractivity contribution in [2.24, 2.45) is 0 Å². The molecule has 0 bridgehead atoms. The number of carbonyl (C=O) groups excluding carboxylic acids is 1. The molecule has 3 rings (SSSR count). The fourth-order valence-electron chi connectivity index (χ4n) is 2.33. The number of hydrogen-bond acceptors (Lipinski definition) is 5. The van der Waals surface area contributed by atoms with Gasteiger partial charge in [-0.15, -0.1) is 0 Å². The van der Waals surface area contributed by atoms with Gasteiger partial charge in [0.2, 0.25) is 0 Å². The molecular formula is C18H13NO5. The molecule has 0 fully saturated rings. The third kappa shape index (κ3) is 3.03. The molecule has 2 aromatic carbocycles. The Morgan fingerprint density at radius 1 is 1.12 bits per heavy atom. The highest BCUT2D eigenvalue weighted by atomic mass is 16.6. The number of nitro benzene ring substituents is 1. The zero-order valence-corrected chi connectivity index (χ0v) is 12.8. The molecule has 2 aromatic rings. The van der Waals surface area contributed by atoms with Gasteiger partial charge in [0, 0.05) is 11.6 Å². The number of nitro groups is 1. The van der Waals surface area contributed by atoms with E-state index >= 15 is 0 Å². The molecule has 0 spiro atoms. The van der Waals surface area contributed by atoms with Crippen LogP contribution in [0.2, 0.25) is 0 Å². The SMILES string of the molecule is COc1ccc(C2=CC(=Cc3ccccc3[N+](=O)[O-])C(=O)O2)cc1. The normalized spacial score (nSPS) is 15.1. The monoisotopic (exact) mass is 323 g/mol. The smallest absolute Gasteiger partial charge is 0.343 e. The molecule has 0 amide bonds. The van der Waals surface area contributed by atoms with Crippen LogP contribution in [0.5, 0.6) is 5.75 Å². The van der Waals surface area contributed by atoms with E-state index in [0.29, 0.717) is 17.1 Å². The lowest BCUT2D eigenvalue weighted by atomic mass is 10.1. The average molecular weight is 323 g/mol. The Kier molecular flexibility index (Phi) is 4.11. The van der Waals surface area contributed by atoms with E-state index in [9.17, 15) is 14.9 Å². The Bertz CT molecular complexity index is 865. The average Bonchev–Trinajstić information content (AvgIpc) is 2.96. The Labute approximate surface area is 137 Å². The molecule has 120 valence electrons. The zero-order chi connectivity index (χ0) is 17.1. The van der Waals surface area contributed by atoms with Crippen molar-refractivity contribution in [2.75, 3.05) is 7.11 Å². The maximum atomic E-state index is 12.0. The molecule has 0 aliphatic carbocycles. The van der Waals surface area contributed by atoms with E-state index in [1.54, 1.807) is 55.7 Å². The van der Waals surface area contributed by atoms with Gasteiger partial charge in [0.05, 0.1) is 23.2 Å². The van der Waals surface area contributed by atoms with E-state index in [2.05, 4.69) is 0 Å². The van der Waals surface area contributed by atoms with Crippen LogP contribution in [0.25, 0.3) is 11.8 Å². The minimum atomic E-state index is -0.543. The molecule has 6 nitrogen and oxygen atoms in total. The van der Waals surface area contributed by atoms with Crippen molar-refractivity contribution < 1.29 is 19.2 Å². The van der Waals surface area contributed by atoms with Crippen LogP contribution in [-0.4, -0.2) is 18.0 Å². The second kappa shape index (κ2) is 6.37. The summed E-state index contributed by atoms with van der Waals surface area (Å²) in [6.07, 6.45) is 3.03. The second-order valence-electron chi connectivity index (χ2n) is 5.04. The molecule has 0 unspecified atom stereocenters. The summed E-state index contributed by atoms with van der Waals surface area (Å²) in [6.45, 7) is 0. The lowest BCUT2D eigenvalue weighted by Crippen LogP contribution is -1.98. The van der Waals surface area contributed by atoms with Crippen molar-refractivity contribution >= 4 is 23.5 Å². The standard InChI is InChI=1S/C18H13NO5/c1-23-15-8-6-12(7-9-15)17-11-14(18(20)24-17)10-13-4-2-3-5-16(13)19(21)22/h2-11H,1H3. The van der Waals surface area contributed by atoms with Crippen LogP contribution in [0.1, 0.15) is 11.1 Å². The summed E-state index contributed by atoms with van der Waals surface area (Å²) >= 11 is 0. The summed E-state index contributed by atoms with van der Waals surface area (Å²) in [5.74, 6) is 0.547. The number of rotatable bonds is 4. The fraction of sp³-hybridized carbons (Fsp3) is 0.0556. The number of ether oxygens (including phenoxy) is 2. The number of esters is 1. The van der Waals surface area contributed by atoms with Crippen molar-refractivity contribution in [3.63, 3.8) is 0 Å². The van der Waals surface area contributed by atoms with E-state index in [-0.39, 0.29) is 11.3 Å². The van der Waals surface area contributed by atoms with Gasteiger partial charge in [0.25, 0.3) is 5.69 Å². The quantitative estimate of drug-likeness (QED) is 0.372. The van der Waals surface area contributed by atoms with Crippen LogP contribution in [-0.2, 0) is 9.53 Å². The molecule has 1 aliphatic rings. The first-order valence-corrected chi connectivity index (χ1v) is 7.12. The van der Waals surface area contributed by atoms with Crippen LogP contribution in [0.4, 0.5) is 5.69 Å². The lowest BCUT2D eigenvalue weighted by molar-refractivity contribution is -0.385. The van der Waals surface area contributed by atoms with Crippen molar-refractivity contribution in [1.82, 2.24) is 0 Å². The van der Waals surface area contributed by atoms with Gasteiger partial charge in [-0.2, -0.15) is 0 Å². The summed E-state index contributed by atoms with van der Waals surface area (Å²) in [7, 11) is 1.57. The van der Waals surface area contributed by atoms with Crippen LogP contribution in [0, 0.1) is 10.1 Å². The third-order valence-electron chi connectivity index (χ3n) is 3.54. The predicted molar refractivity (Wildman–Crippen MR) is 88.1 cm³/mol. The molecule has 1 heterocycles.